The predicted octanol–water partition coefficient (Wildman–Crippen LogP) is 2.91. The van der Waals surface area contributed by atoms with Crippen LogP contribution >= 0.6 is 11.8 Å². The maximum Gasteiger partial charge on any atom is 0.00425 e. The molecule has 0 fully saturated rings. The summed E-state index contributed by atoms with van der Waals surface area (Å²) in [5.74, 6) is 2.98. The Morgan fingerprint density at radius 1 is 1.67 bits per heavy atom. The van der Waals surface area contributed by atoms with Gasteiger partial charge < -0.3 is 0 Å². The minimum Gasteiger partial charge on any atom is -0.131 e. The van der Waals surface area contributed by atoms with Crippen molar-refractivity contribution in [2.75, 3.05) is 5.75 Å². The van der Waals surface area contributed by atoms with E-state index in [0.29, 0.717) is 0 Å². The molecular formula is C8H14S. The molecule has 0 radical (unpaired) electrons. The number of hydrogen-bond acceptors (Lipinski definition) is 1. The van der Waals surface area contributed by atoms with E-state index in [2.05, 4.69) is 26.8 Å². The van der Waals surface area contributed by atoms with Crippen LogP contribution in [0.5, 0.6) is 0 Å². The molecule has 0 aromatic rings. The first kappa shape index (κ1) is 7.20. The van der Waals surface area contributed by atoms with Gasteiger partial charge in [0, 0.05) is 5.75 Å². The highest BCUT2D eigenvalue weighted by Gasteiger charge is 2.16. The molecular weight excluding hydrogens is 128 g/mol. The quantitative estimate of drug-likeness (QED) is 0.542. The van der Waals surface area contributed by atoms with Crippen molar-refractivity contribution in [3.8, 4) is 0 Å². The molecule has 0 amide bonds. The highest BCUT2D eigenvalue weighted by Crippen LogP contribution is 2.32. The lowest BCUT2D eigenvalue weighted by molar-refractivity contribution is 0.515. The van der Waals surface area contributed by atoms with Gasteiger partial charge in [-0.25, -0.2) is 0 Å². The van der Waals surface area contributed by atoms with E-state index < -0.39 is 0 Å². The molecule has 0 nitrogen and oxygen atoms in total. The summed E-state index contributed by atoms with van der Waals surface area (Å²) in [6.45, 7) is 6.79. The first-order valence-corrected chi connectivity index (χ1v) is 4.50. The molecule has 0 aromatic carbocycles. The second-order valence-electron chi connectivity index (χ2n) is 3.00. The fourth-order valence-corrected chi connectivity index (χ4v) is 2.22. The van der Waals surface area contributed by atoms with Crippen LogP contribution in [-0.2, 0) is 0 Å². The zero-order valence-electron chi connectivity index (χ0n) is 6.35. The molecule has 1 rings (SSSR count). The lowest BCUT2D eigenvalue weighted by Gasteiger charge is -2.09. The standard InChI is InChI=1S/C8H14S/c1-6(2)8-4-7(3)9-5-8/h4,6,8H,5H2,1-3H3. The highest BCUT2D eigenvalue weighted by molar-refractivity contribution is 8.03. The Bertz CT molecular complexity index is 125. The Hall–Kier alpha value is 0.0900. The van der Waals surface area contributed by atoms with Crippen LogP contribution in [0.15, 0.2) is 11.0 Å². The summed E-state index contributed by atoms with van der Waals surface area (Å²) in [6, 6.07) is 0. The van der Waals surface area contributed by atoms with Crippen LogP contribution in [0.1, 0.15) is 20.8 Å². The summed E-state index contributed by atoms with van der Waals surface area (Å²) < 4.78 is 0. The topological polar surface area (TPSA) is 0 Å². The van der Waals surface area contributed by atoms with Gasteiger partial charge in [0.1, 0.15) is 0 Å². The molecule has 1 aliphatic rings. The molecule has 1 heterocycles. The Morgan fingerprint density at radius 3 is 2.56 bits per heavy atom. The molecule has 0 bridgehead atoms. The van der Waals surface area contributed by atoms with E-state index in [4.69, 9.17) is 0 Å². The molecule has 1 atom stereocenters. The largest absolute Gasteiger partial charge is 0.131 e. The van der Waals surface area contributed by atoms with Gasteiger partial charge in [-0.2, -0.15) is 0 Å². The molecule has 52 valence electrons. The molecule has 0 saturated heterocycles. The third kappa shape index (κ3) is 1.75. The second-order valence-corrected chi connectivity index (χ2v) is 4.26. The molecule has 1 aliphatic heterocycles. The number of allylic oxidation sites excluding steroid dienone is 2. The van der Waals surface area contributed by atoms with Crippen LogP contribution in [0.25, 0.3) is 0 Å². The normalized spacial score (nSPS) is 27.1. The summed E-state index contributed by atoms with van der Waals surface area (Å²) in [4.78, 5) is 1.51. The molecule has 1 unspecified atom stereocenters. The molecule has 0 aromatic heterocycles. The Kier molecular flexibility index (Phi) is 2.23. The SMILES string of the molecule is CC1=CC(C(C)C)CS1. The summed E-state index contributed by atoms with van der Waals surface area (Å²) in [7, 11) is 0. The van der Waals surface area contributed by atoms with Crippen LogP contribution in [0.4, 0.5) is 0 Å². The van der Waals surface area contributed by atoms with Crippen molar-refractivity contribution < 1.29 is 0 Å². The molecule has 0 spiro atoms. The van der Waals surface area contributed by atoms with Gasteiger partial charge in [0.2, 0.25) is 0 Å². The monoisotopic (exact) mass is 142 g/mol. The third-order valence-corrected chi connectivity index (χ3v) is 2.95. The summed E-state index contributed by atoms with van der Waals surface area (Å²) >= 11 is 1.99. The van der Waals surface area contributed by atoms with Crippen molar-refractivity contribution in [2.24, 2.45) is 11.8 Å². The third-order valence-electron chi connectivity index (χ3n) is 1.81. The minimum atomic E-state index is 0.829. The zero-order valence-corrected chi connectivity index (χ0v) is 7.16. The van der Waals surface area contributed by atoms with Crippen molar-refractivity contribution in [2.45, 2.75) is 20.8 Å². The summed E-state index contributed by atoms with van der Waals surface area (Å²) in [6.07, 6.45) is 2.40. The zero-order chi connectivity index (χ0) is 6.85. The second kappa shape index (κ2) is 2.78. The minimum absolute atomic E-state index is 0.829. The van der Waals surface area contributed by atoms with Crippen LogP contribution in [0.3, 0.4) is 0 Å². The Morgan fingerprint density at radius 2 is 2.33 bits per heavy atom. The molecule has 0 aliphatic carbocycles. The highest BCUT2D eigenvalue weighted by atomic mass is 32.2. The average molecular weight is 142 g/mol. The fraction of sp³-hybridized carbons (Fsp3) is 0.750. The van der Waals surface area contributed by atoms with E-state index in [-0.39, 0.29) is 0 Å². The van der Waals surface area contributed by atoms with E-state index in [9.17, 15) is 0 Å². The average Bonchev–Trinajstić information content (AvgIpc) is 2.14. The van der Waals surface area contributed by atoms with Crippen molar-refractivity contribution in [1.29, 1.82) is 0 Å². The molecule has 0 saturated carbocycles. The van der Waals surface area contributed by atoms with Crippen LogP contribution in [0.2, 0.25) is 0 Å². The lowest BCUT2D eigenvalue weighted by Crippen LogP contribution is -2.04. The fourth-order valence-electron chi connectivity index (χ4n) is 1.01. The summed E-state index contributed by atoms with van der Waals surface area (Å²) in [5.41, 5.74) is 0. The number of thioether (sulfide) groups is 1. The van der Waals surface area contributed by atoms with Crippen LogP contribution in [-0.4, -0.2) is 5.75 Å². The van der Waals surface area contributed by atoms with Gasteiger partial charge in [-0.3, -0.25) is 0 Å². The van der Waals surface area contributed by atoms with Crippen LogP contribution in [0, 0.1) is 11.8 Å². The molecule has 9 heavy (non-hydrogen) atoms. The van der Waals surface area contributed by atoms with Crippen LogP contribution < -0.4 is 0 Å². The Balaban J connectivity index is 2.47. The van der Waals surface area contributed by atoms with E-state index in [1.165, 1.54) is 10.7 Å². The molecule has 0 N–H and O–H groups in total. The van der Waals surface area contributed by atoms with Gasteiger partial charge in [0.25, 0.3) is 0 Å². The van der Waals surface area contributed by atoms with Crippen molar-refractivity contribution >= 4 is 11.8 Å². The Labute approximate surface area is 61.7 Å². The van der Waals surface area contributed by atoms with E-state index >= 15 is 0 Å². The van der Waals surface area contributed by atoms with E-state index in [0.717, 1.165) is 11.8 Å². The van der Waals surface area contributed by atoms with Crippen molar-refractivity contribution in [3.63, 3.8) is 0 Å². The van der Waals surface area contributed by atoms with Gasteiger partial charge >= 0.3 is 0 Å². The first-order valence-electron chi connectivity index (χ1n) is 3.51. The predicted molar refractivity (Wildman–Crippen MR) is 44.5 cm³/mol. The number of rotatable bonds is 1. The smallest absolute Gasteiger partial charge is 0.00425 e. The van der Waals surface area contributed by atoms with Gasteiger partial charge in [-0.1, -0.05) is 19.9 Å². The van der Waals surface area contributed by atoms with E-state index in [1.54, 1.807) is 0 Å². The maximum atomic E-state index is 2.40. The van der Waals surface area contributed by atoms with E-state index in [1.807, 2.05) is 11.8 Å². The van der Waals surface area contributed by atoms with Gasteiger partial charge in [0.15, 0.2) is 0 Å². The van der Waals surface area contributed by atoms with Gasteiger partial charge in [-0.15, -0.1) is 11.8 Å². The van der Waals surface area contributed by atoms with Gasteiger partial charge in [-0.05, 0) is 23.7 Å². The van der Waals surface area contributed by atoms with Crippen molar-refractivity contribution in [3.05, 3.63) is 11.0 Å². The van der Waals surface area contributed by atoms with Crippen molar-refractivity contribution in [1.82, 2.24) is 0 Å². The number of hydrogen-bond donors (Lipinski definition) is 0. The summed E-state index contributed by atoms with van der Waals surface area (Å²) in [5, 5.41) is 0. The first-order chi connectivity index (χ1) is 4.20. The van der Waals surface area contributed by atoms with Gasteiger partial charge in [0.05, 0.1) is 0 Å². The lowest BCUT2D eigenvalue weighted by atomic mass is 9.98. The molecule has 1 heteroatoms. The maximum absolute atomic E-state index is 2.40.